The Kier molecular flexibility index (Phi) is 4.43. The number of amides is 2. The quantitative estimate of drug-likeness (QED) is 0.744. The molecule has 8 heteroatoms. The van der Waals surface area contributed by atoms with Crippen LogP contribution in [0.4, 0.5) is 17.6 Å². The minimum Gasteiger partial charge on any atom is -0.329 e. The molecule has 2 saturated heterocycles. The van der Waals surface area contributed by atoms with Crippen LogP contribution >= 0.6 is 0 Å². The summed E-state index contributed by atoms with van der Waals surface area (Å²) in [6, 6.07) is -1.85. The standard InChI is InChI=1S/C13H18F4N2O2/c1-2-8-10(20)18-6-4-3-5-9(18)11(21)19(8)7-13(16,17)12(14)15/h8-9,12H,2-7H2,1H3. The van der Waals surface area contributed by atoms with Gasteiger partial charge < -0.3 is 9.80 Å². The lowest BCUT2D eigenvalue weighted by molar-refractivity contribution is -0.180. The van der Waals surface area contributed by atoms with Crippen LogP contribution in [-0.2, 0) is 9.59 Å². The van der Waals surface area contributed by atoms with E-state index in [1.807, 2.05) is 0 Å². The van der Waals surface area contributed by atoms with Gasteiger partial charge in [-0.15, -0.1) is 0 Å². The first-order chi connectivity index (χ1) is 9.79. The molecule has 2 aliphatic rings. The minimum absolute atomic E-state index is 0.132. The highest BCUT2D eigenvalue weighted by Crippen LogP contribution is 2.31. The summed E-state index contributed by atoms with van der Waals surface area (Å²) in [6.07, 6.45) is -1.85. The summed E-state index contributed by atoms with van der Waals surface area (Å²) in [5.41, 5.74) is 0. The molecule has 2 amide bonds. The van der Waals surface area contributed by atoms with Gasteiger partial charge in [-0.2, -0.15) is 8.78 Å². The number of alkyl halides is 4. The van der Waals surface area contributed by atoms with Gasteiger partial charge in [0, 0.05) is 6.54 Å². The highest BCUT2D eigenvalue weighted by molar-refractivity contribution is 5.97. The second-order valence-corrected chi connectivity index (χ2v) is 5.50. The maximum atomic E-state index is 13.3. The molecule has 2 atom stereocenters. The van der Waals surface area contributed by atoms with Gasteiger partial charge in [-0.1, -0.05) is 6.92 Å². The molecular weight excluding hydrogens is 292 g/mol. The van der Waals surface area contributed by atoms with Gasteiger partial charge in [-0.25, -0.2) is 8.78 Å². The Labute approximate surface area is 120 Å². The van der Waals surface area contributed by atoms with Crippen molar-refractivity contribution in [3.05, 3.63) is 0 Å². The van der Waals surface area contributed by atoms with Crippen LogP contribution in [0.15, 0.2) is 0 Å². The van der Waals surface area contributed by atoms with Crippen molar-refractivity contribution in [2.75, 3.05) is 13.1 Å². The Morgan fingerprint density at radius 1 is 1.24 bits per heavy atom. The van der Waals surface area contributed by atoms with Crippen molar-refractivity contribution in [1.82, 2.24) is 9.80 Å². The van der Waals surface area contributed by atoms with Crippen molar-refractivity contribution in [3.63, 3.8) is 0 Å². The first kappa shape index (κ1) is 16.0. The molecule has 0 spiro atoms. The molecule has 0 aromatic heterocycles. The number of piperidine rings is 1. The molecule has 2 unspecified atom stereocenters. The van der Waals surface area contributed by atoms with Gasteiger partial charge in [0.05, 0.1) is 6.54 Å². The number of carbonyl (C=O) groups is 2. The molecule has 0 saturated carbocycles. The molecule has 2 heterocycles. The van der Waals surface area contributed by atoms with Gasteiger partial charge in [0.25, 0.3) is 0 Å². The smallest absolute Gasteiger partial charge is 0.324 e. The molecule has 0 aliphatic carbocycles. The molecule has 4 nitrogen and oxygen atoms in total. The topological polar surface area (TPSA) is 40.6 Å². The first-order valence-corrected chi connectivity index (χ1v) is 7.06. The van der Waals surface area contributed by atoms with Crippen molar-refractivity contribution in [2.45, 2.75) is 57.0 Å². The Morgan fingerprint density at radius 3 is 2.48 bits per heavy atom. The summed E-state index contributed by atoms with van der Waals surface area (Å²) < 4.78 is 51.3. The van der Waals surface area contributed by atoms with E-state index >= 15 is 0 Å². The Bertz CT molecular complexity index is 430. The first-order valence-electron chi connectivity index (χ1n) is 7.06. The molecular formula is C13H18F4N2O2. The fourth-order valence-corrected chi connectivity index (χ4v) is 3.00. The van der Waals surface area contributed by atoms with E-state index in [0.717, 1.165) is 12.8 Å². The van der Waals surface area contributed by atoms with E-state index in [2.05, 4.69) is 0 Å². The second kappa shape index (κ2) is 5.81. The predicted octanol–water partition coefficient (Wildman–Crippen LogP) is 1.89. The molecule has 0 bridgehead atoms. The maximum Gasteiger partial charge on any atom is 0.324 e. The number of piperazine rings is 1. The van der Waals surface area contributed by atoms with E-state index in [1.165, 1.54) is 4.90 Å². The van der Waals surface area contributed by atoms with E-state index in [4.69, 9.17) is 0 Å². The summed E-state index contributed by atoms with van der Waals surface area (Å²) >= 11 is 0. The average molecular weight is 310 g/mol. The molecule has 120 valence electrons. The third kappa shape index (κ3) is 2.85. The highest BCUT2D eigenvalue weighted by atomic mass is 19.3. The zero-order chi connectivity index (χ0) is 15.8. The van der Waals surface area contributed by atoms with Gasteiger partial charge in [-0.3, -0.25) is 9.59 Å². The summed E-state index contributed by atoms with van der Waals surface area (Å²) in [5, 5.41) is 0. The Hall–Kier alpha value is -1.34. The molecule has 0 aromatic rings. The number of hydrogen-bond acceptors (Lipinski definition) is 2. The van der Waals surface area contributed by atoms with Crippen LogP contribution in [0.25, 0.3) is 0 Å². The summed E-state index contributed by atoms with van der Waals surface area (Å²) in [6.45, 7) is 0.594. The van der Waals surface area contributed by atoms with Gasteiger partial charge in [0.15, 0.2) is 0 Å². The van der Waals surface area contributed by atoms with E-state index in [-0.39, 0.29) is 6.42 Å². The number of fused-ring (bicyclic) bond motifs is 1. The zero-order valence-corrected chi connectivity index (χ0v) is 11.7. The largest absolute Gasteiger partial charge is 0.329 e. The fourth-order valence-electron chi connectivity index (χ4n) is 3.00. The van der Waals surface area contributed by atoms with E-state index < -0.39 is 42.8 Å². The molecule has 0 N–H and O–H groups in total. The molecule has 21 heavy (non-hydrogen) atoms. The third-order valence-corrected chi connectivity index (χ3v) is 4.10. The average Bonchev–Trinajstić information content (AvgIpc) is 2.44. The molecule has 0 radical (unpaired) electrons. The summed E-state index contributed by atoms with van der Waals surface area (Å²) in [5.74, 6) is -5.35. The summed E-state index contributed by atoms with van der Waals surface area (Å²) in [7, 11) is 0. The van der Waals surface area contributed by atoms with E-state index in [9.17, 15) is 27.2 Å². The van der Waals surface area contributed by atoms with Crippen LogP contribution in [-0.4, -0.2) is 59.1 Å². The Morgan fingerprint density at radius 2 is 1.90 bits per heavy atom. The lowest BCUT2D eigenvalue weighted by Crippen LogP contribution is -2.67. The lowest BCUT2D eigenvalue weighted by atomic mass is 9.94. The molecule has 0 aromatic carbocycles. The third-order valence-electron chi connectivity index (χ3n) is 4.10. The van der Waals surface area contributed by atoms with Gasteiger partial charge in [0.2, 0.25) is 11.8 Å². The zero-order valence-electron chi connectivity index (χ0n) is 11.7. The van der Waals surface area contributed by atoms with Crippen LogP contribution < -0.4 is 0 Å². The van der Waals surface area contributed by atoms with Gasteiger partial charge in [-0.05, 0) is 25.7 Å². The molecule has 2 aliphatic heterocycles. The monoisotopic (exact) mass is 310 g/mol. The van der Waals surface area contributed by atoms with E-state index in [1.54, 1.807) is 6.92 Å². The van der Waals surface area contributed by atoms with Crippen LogP contribution in [0, 0.1) is 0 Å². The van der Waals surface area contributed by atoms with Gasteiger partial charge in [0.1, 0.15) is 12.1 Å². The highest BCUT2D eigenvalue weighted by Gasteiger charge is 2.51. The maximum absolute atomic E-state index is 13.3. The lowest BCUT2D eigenvalue weighted by Gasteiger charge is -2.47. The number of hydrogen-bond donors (Lipinski definition) is 0. The predicted molar refractivity (Wildman–Crippen MR) is 66.1 cm³/mol. The van der Waals surface area contributed by atoms with Crippen LogP contribution in [0.3, 0.4) is 0 Å². The molecule has 2 rings (SSSR count). The number of carbonyl (C=O) groups excluding carboxylic acids is 2. The minimum atomic E-state index is -4.31. The van der Waals surface area contributed by atoms with E-state index in [0.29, 0.717) is 17.9 Å². The number of halogens is 4. The fraction of sp³-hybridized carbons (Fsp3) is 0.846. The van der Waals surface area contributed by atoms with Crippen molar-refractivity contribution in [2.24, 2.45) is 0 Å². The van der Waals surface area contributed by atoms with Crippen molar-refractivity contribution in [3.8, 4) is 0 Å². The van der Waals surface area contributed by atoms with Gasteiger partial charge >= 0.3 is 12.3 Å². The normalized spacial score (nSPS) is 27.3. The molecule has 2 fully saturated rings. The summed E-state index contributed by atoms with van der Waals surface area (Å²) in [4.78, 5) is 26.7. The van der Waals surface area contributed by atoms with Crippen LogP contribution in [0.5, 0.6) is 0 Å². The van der Waals surface area contributed by atoms with Crippen molar-refractivity contribution >= 4 is 11.8 Å². The SMILES string of the molecule is CCC1C(=O)N2CCCCC2C(=O)N1CC(F)(F)C(F)F. The Balaban J connectivity index is 2.26. The van der Waals surface area contributed by atoms with Crippen molar-refractivity contribution in [1.29, 1.82) is 0 Å². The van der Waals surface area contributed by atoms with Crippen molar-refractivity contribution < 1.29 is 27.2 Å². The van der Waals surface area contributed by atoms with Crippen LogP contribution in [0.2, 0.25) is 0 Å². The number of nitrogens with zero attached hydrogens (tertiary/aromatic N) is 2. The second-order valence-electron chi connectivity index (χ2n) is 5.50. The number of rotatable bonds is 4. The van der Waals surface area contributed by atoms with Crippen LogP contribution in [0.1, 0.15) is 32.6 Å².